The molecule has 0 aliphatic carbocycles. The summed E-state index contributed by atoms with van der Waals surface area (Å²) in [7, 11) is 0. The van der Waals surface area contributed by atoms with Crippen LogP contribution in [0.1, 0.15) is 0 Å². The van der Waals surface area contributed by atoms with Gasteiger partial charge in [0.1, 0.15) is 0 Å². The van der Waals surface area contributed by atoms with Crippen LogP contribution in [-0.2, 0) is 85.1 Å². The van der Waals surface area contributed by atoms with Crippen molar-refractivity contribution in [3.05, 3.63) is 0 Å². The van der Waals surface area contributed by atoms with E-state index in [1.54, 1.807) is 0 Å². The van der Waals surface area contributed by atoms with E-state index in [-0.39, 0.29) is 37.1 Å². The zero-order valence-corrected chi connectivity index (χ0v) is 17.9. The molecule has 0 aromatic carbocycles. The van der Waals surface area contributed by atoms with Gasteiger partial charge in [-0.2, -0.15) is 0 Å². The van der Waals surface area contributed by atoms with Crippen LogP contribution >= 0.6 is 0 Å². The molecule has 0 fully saturated rings. The third-order valence-corrected chi connectivity index (χ3v) is 0.833. The predicted octanol–water partition coefficient (Wildman–Crippen LogP) is -18.2. The average Bonchev–Trinajstić information content (AvgIpc) is 2.64. The van der Waals surface area contributed by atoms with Crippen LogP contribution in [0.4, 0.5) is 0 Å². The number of carboxylic acid groups (broad SMARTS) is 10. The van der Waals surface area contributed by atoms with E-state index in [2.05, 4.69) is 5.90 Å². The first-order valence-electron chi connectivity index (χ1n) is 5.59. The standard InChI is InChI=1S/5C2H2O4.H3NO.2V/c5*3-1(4)2(5)6;1-2;;/h5*(H,3,4)(H,5,6);2H,1H2;;/q;;;;;;2*+5/p-10. The Morgan fingerprint density at radius 3 is 0.324 bits per heavy atom. The Morgan fingerprint density at radius 2 is 0.324 bits per heavy atom. The monoisotopic (exact) mass is 575 g/mol. The van der Waals surface area contributed by atoms with Gasteiger partial charge in [-0.15, -0.1) is 0 Å². The molecule has 3 N–H and O–H groups in total. The second-order valence-electron chi connectivity index (χ2n) is 2.87. The van der Waals surface area contributed by atoms with Gasteiger partial charge in [-0.1, -0.05) is 0 Å². The molecule has 0 rings (SSSR count). The third-order valence-electron chi connectivity index (χ3n) is 0.833. The normalized spacial score (nSPS) is 6.65. The van der Waals surface area contributed by atoms with E-state index in [1.165, 1.54) is 0 Å². The molecule has 0 aliphatic rings. The number of hydrogen-bond donors (Lipinski definition) is 2. The molecular formula is C10H3NO21V2. The van der Waals surface area contributed by atoms with Crippen molar-refractivity contribution in [2.24, 2.45) is 5.90 Å². The van der Waals surface area contributed by atoms with E-state index in [0.717, 1.165) is 0 Å². The molecule has 0 unspecified atom stereocenters. The number of hydrogen-bond acceptors (Lipinski definition) is 22. The van der Waals surface area contributed by atoms with Crippen LogP contribution in [0, 0.1) is 0 Å². The van der Waals surface area contributed by atoms with Crippen LogP contribution in [0.3, 0.4) is 0 Å². The fraction of sp³-hybridized carbons (Fsp3) is 0. The average molecular weight is 575 g/mol. The summed E-state index contributed by atoms with van der Waals surface area (Å²) in [6.07, 6.45) is 0. The zero-order chi connectivity index (χ0) is 27.8. The summed E-state index contributed by atoms with van der Waals surface area (Å²) in [5.74, 6) is -18.4. The first-order valence-corrected chi connectivity index (χ1v) is 5.59. The van der Waals surface area contributed by atoms with Crippen molar-refractivity contribution in [2.45, 2.75) is 0 Å². The van der Waals surface area contributed by atoms with Gasteiger partial charge in [0.05, 0.1) is 59.7 Å². The van der Waals surface area contributed by atoms with Crippen LogP contribution in [0.25, 0.3) is 0 Å². The first-order chi connectivity index (χ1) is 14.2. The molecule has 34 heavy (non-hydrogen) atoms. The molecule has 22 nitrogen and oxygen atoms in total. The van der Waals surface area contributed by atoms with Gasteiger partial charge < -0.3 is 104 Å². The summed E-state index contributed by atoms with van der Waals surface area (Å²) < 4.78 is 0. The minimum atomic E-state index is -2.19. The fourth-order valence-corrected chi connectivity index (χ4v) is 0. The summed E-state index contributed by atoms with van der Waals surface area (Å²) in [5.41, 5.74) is 0. The van der Waals surface area contributed by atoms with E-state index in [0.29, 0.717) is 0 Å². The van der Waals surface area contributed by atoms with Gasteiger partial charge in [0.15, 0.2) is 0 Å². The van der Waals surface area contributed by atoms with Crippen LogP contribution in [0.15, 0.2) is 0 Å². The van der Waals surface area contributed by atoms with Crippen LogP contribution in [0.2, 0.25) is 0 Å². The Balaban J connectivity index is -0.0000000400. The minimum absolute atomic E-state index is 0. The molecule has 0 saturated heterocycles. The van der Waals surface area contributed by atoms with E-state index in [1.807, 2.05) is 0 Å². The molecule has 0 aromatic heterocycles. The Hall–Kier alpha value is -4.21. The van der Waals surface area contributed by atoms with Gasteiger partial charge in [-0.25, -0.2) is 5.90 Å². The van der Waals surface area contributed by atoms with Gasteiger partial charge in [0, 0.05) is 0 Å². The van der Waals surface area contributed by atoms with Crippen molar-refractivity contribution in [3.8, 4) is 0 Å². The molecule has 0 atom stereocenters. The van der Waals surface area contributed by atoms with Gasteiger partial charge >= 0.3 is 37.1 Å². The van der Waals surface area contributed by atoms with Gasteiger partial charge in [-0.3, -0.25) is 0 Å². The second kappa shape index (κ2) is 33.4. The molecule has 0 radical (unpaired) electrons. The smallest absolute Gasteiger partial charge is 0.543 e. The molecule has 0 aliphatic heterocycles. The summed E-state index contributed by atoms with van der Waals surface area (Å²) in [5, 5.41) is 95.8. The van der Waals surface area contributed by atoms with Crippen molar-refractivity contribution in [1.82, 2.24) is 0 Å². The Labute approximate surface area is 207 Å². The maximum atomic E-state index is 8.93. The van der Waals surface area contributed by atoms with Crippen molar-refractivity contribution >= 4 is 59.7 Å². The third kappa shape index (κ3) is 80.0. The number of carboxylic acids is 10. The molecule has 184 valence electrons. The number of rotatable bonds is 0. The summed E-state index contributed by atoms with van der Waals surface area (Å²) >= 11 is 0. The molecule has 0 heterocycles. The predicted molar refractivity (Wildman–Crippen MR) is 56.0 cm³/mol. The molecular weight excluding hydrogens is 572 g/mol. The maximum Gasteiger partial charge on any atom is 5.00 e. The maximum absolute atomic E-state index is 8.93. The van der Waals surface area contributed by atoms with E-state index in [9.17, 15) is 0 Å². The molecule has 24 heteroatoms. The summed E-state index contributed by atoms with van der Waals surface area (Å²) in [6.45, 7) is 0. The van der Waals surface area contributed by atoms with E-state index in [4.69, 9.17) is 104 Å². The second-order valence-corrected chi connectivity index (χ2v) is 2.87. The minimum Gasteiger partial charge on any atom is -0.543 e. The largest absolute Gasteiger partial charge is 5.00 e. The zero-order valence-electron chi connectivity index (χ0n) is 15.1. The number of nitrogens with two attached hydrogens (primary N) is 1. The van der Waals surface area contributed by atoms with Crippen molar-refractivity contribution in [2.75, 3.05) is 0 Å². The number of carbonyl (C=O) groups is 10. The SMILES string of the molecule is NO.O=C([O-])C(=O)[O-].O=C([O-])C(=O)[O-].O=C([O-])C(=O)[O-].O=C([O-])C(=O)[O-].O=C([O-])C(=O)[O-].[V+5].[V+5]. The van der Waals surface area contributed by atoms with E-state index >= 15 is 0 Å². The number of carbonyl (C=O) groups excluding carboxylic acids is 10. The number of aliphatic carboxylic acids is 10. The Bertz CT molecular complexity index is 515. The van der Waals surface area contributed by atoms with Crippen LogP contribution in [0.5, 0.6) is 0 Å². The van der Waals surface area contributed by atoms with Gasteiger partial charge in [-0.05, 0) is 0 Å². The fourth-order valence-electron chi connectivity index (χ4n) is 0. The van der Waals surface area contributed by atoms with Crippen LogP contribution < -0.4 is 57.0 Å². The van der Waals surface area contributed by atoms with Crippen LogP contribution in [-0.4, -0.2) is 64.9 Å². The molecule has 0 saturated carbocycles. The topological polar surface area (TPSA) is 448 Å². The molecule has 0 bridgehead atoms. The summed E-state index contributed by atoms with van der Waals surface area (Å²) in [4.78, 5) is 89.3. The van der Waals surface area contributed by atoms with Gasteiger partial charge in [0.2, 0.25) is 0 Å². The molecule has 0 spiro atoms. The van der Waals surface area contributed by atoms with Crippen molar-refractivity contribution in [3.63, 3.8) is 0 Å². The quantitative estimate of drug-likeness (QED) is 0.200. The molecule has 0 amide bonds. The first kappa shape index (κ1) is 52.0. The van der Waals surface area contributed by atoms with Crippen molar-refractivity contribution < 1.29 is 141 Å². The van der Waals surface area contributed by atoms with Gasteiger partial charge in [0.25, 0.3) is 0 Å². The molecule has 0 aromatic rings. The van der Waals surface area contributed by atoms with E-state index < -0.39 is 59.7 Å². The summed E-state index contributed by atoms with van der Waals surface area (Å²) in [6, 6.07) is 0. The Kier molecular flexibility index (Phi) is 51.1. The Morgan fingerprint density at radius 1 is 0.294 bits per heavy atom. The van der Waals surface area contributed by atoms with Crippen molar-refractivity contribution in [1.29, 1.82) is 0 Å².